The van der Waals surface area contributed by atoms with Gasteiger partial charge in [-0.25, -0.2) is 10.2 Å². The van der Waals surface area contributed by atoms with Crippen LogP contribution >= 0.6 is 0 Å². The Kier molecular flexibility index (Phi) is 5.43. The van der Waals surface area contributed by atoms with E-state index in [1.807, 2.05) is 19.1 Å². The van der Waals surface area contributed by atoms with E-state index in [0.717, 1.165) is 11.1 Å². The van der Waals surface area contributed by atoms with Gasteiger partial charge in [0.2, 0.25) is 6.79 Å². The van der Waals surface area contributed by atoms with Crippen LogP contribution in [0.3, 0.4) is 0 Å². The molecule has 150 valence electrons. The normalized spacial score (nSPS) is 12.0. The molecular formula is C23H18N2O5. The summed E-state index contributed by atoms with van der Waals surface area (Å²) in [6.45, 7) is 2.00. The molecular weight excluding hydrogens is 384 g/mol. The first-order valence-electron chi connectivity index (χ1n) is 9.21. The van der Waals surface area contributed by atoms with Crippen molar-refractivity contribution < 1.29 is 23.8 Å². The lowest BCUT2D eigenvalue weighted by Gasteiger charge is -2.06. The Balaban J connectivity index is 1.34. The molecule has 0 spiro atoms. The number of rotatable bonds is 5. The molecule has 0 fully saturated rings. The first-order valence-corrected chi connectivity index (χ1v) is 9.21. The molecule has 0 saturated heterocycles. The summed E-state index contributed by atoms with van der Waals surface area (Å²) in [6.07, 6.45) is 1.50. The highest BCUT2D eigenvalue weighted by molar-refractivity contribution is 5.95. The lowest BCUT2D eigenvalue weighted by Crippen LogP contribution is -2.17. The molecule has 0 unspecified atom stereocenters. The smallest absolute Gasteiger partial charge is 0.343 e. The van der Waals surface area contributed by atoms with Gasteiger partial charge in [0.25, 0.3) is 5.91 Å². The van der Waals surface area contributed by atoms with Gasteiger partial charge in [0, 0.05) is 5.56 Å². The van der Waals surface area contributed by atoms with Crippen LogP contribution in [-0.4, -0.2) is 24.9 Å². The minimum Gasteiger partial charge on any atom is -0.454 e. The second-order valence-electron chi connectivity index (χ2n) is 6.54. The third-order valence-corrected chi connectivity index (χ3v) is 4.47. The Labute approximate surface area is 172 Å². The maximum absolute atomic E-state index is 12.3. The van der Waals surface area contributed by atoms with Crippen LogP contribution in [0.4, 0.5) is 0 Å². The first kappa shape index (κ1) is 19.2. The number of ether oxygens (including phenoxy) is 3. The van der Waals surface area contributed by atoms with Crippen molar-refractivity contribution in [3.63, 3.8) is 0 Å². The lowest BCUT2D eigenvalue weighted by molar-refractivity contribution is 0.0733. The Morgan fingerprint density at radius 2 is 1.77 bits per heavy atom. The molecule has 1 aliphatic rings. The maximum atomic E-state index is 12.3. The summed E-state index contributed by atoms with van der Waals surface area (Å²) in [6, 6.07) is 18.9. The van der Waals surface area contributed by atoms with E-state index in [9.17, 15) is 9.59 Å². The second kappa shape index (κ2) is 8.48. The number of hydrogen-bond donors (Lipinski definition) is 1. The van der Waals surface area contributed by atoms with Crippen molar-refractivity contribution in [3.8, 4) is 17.2 Å². The number of nitrogens with zero attached hydrogens (tertiary/aromatic N) is 1. The highest BCUT2D eigenvalue weighted by Crippen LogP contribution is 2.32. The molecule has 0 atom stereocenters. The molecule has 3 aromatic rings. The molecule has 1 heterocycles. The number of carbonyl (C=O) groups is 2. The van der Waals surface area contributed by atoms with E-state index in [1.54, 1.807) is 54.6 Å². The largest absolute Gasteiger partial charge is 0.454 e. The zero-order chi connectivity index (χ0) is 20.9. The molecule has 0 radical (unpaired) electrons. The fourth-order valence-corrected chi connectivity index (χ4v) is 2.85. The number of hydrogen-bond acceptors (Lipinski definition) is 6. The molecule has 4 rings (SSSR count). The van der Waals surface area contributed by atoms with Crippen molar-refractivity contribution >= 4 is 18.1 Å². The minimum atomic E-state index is -0.412. The van der Waals surface area contributed by atoms with Crippen LogP contribution in [0.1, 0.15) is 31.8 Å². The van der Waals surface area contributed by atoms with Crippen LogP contribution in [0.15, 0.2) is 71.8 Å². The van der Waals surface area contributed by atoms with Gasteiger partial charge in [-0.1, -0.05) is 18.2 Å². The van der Waals surface area contributed by atoms with E-state index in [0.29, 0.717) is 28.4 Å². The van der Waals surface area contributed by atoms with Crippen LogP contribution in [0, 0.1) is 6.92 Å². The number of carbonyl (C=O) groups excluding carboxylic acids is 2. The van der Waals surface area contributed by atoms with Crippen molar-refractivity contribution in [1.82, 2.24) is 5.43 Å². The standard InChI is InChI=1S/C23H18N2O5/c1-15-4-2-3-5-19(15)23(27)30-18-9-6-16(7-10-18)13-24-25-22(26)17-8-11-20-21(12-17)29-14-28-20/h2-13H,14H2,1H3,(H,25,26)/b24-13+. The van der Waals surface area contributed by atoms with E-state index in [4.69, 9.17) is 14.2 Å². The number of aryl methyl sites for hydroxylation is 1. The van der Waals surface area contributed by atoms with Crippen molar-refractivity contribution in [2.24, 2.45) is 5.10 Å². The molecule has 1 N–H and O–H groups in total. The SMILES string of the molecule is Cc1ccccc1C(=O)Oc1ccc(/C=N/NC(=O)c2ccc3c(c2)OCO3)cc1. The maximum Gasteiger partial charge on any atom is 0.343 e. The topological polar surface area (TPSA) is 86.2 Å². The van der Waals surface area contributed by atoms with Gasteiger partial charge < -0.3 is 14.2 Å². The summed E-state index contributed by atoms with van der Waals surface area (Å²) in [4.78, 5) is 24.5. The van der Waals surface area contributed by atoms with Crippen LogP contribution in [0.5, 0.6) is 17.2 Å². The molecule has 0 aromatic heterocycles. The van der Waals surface area contributed by atoms with Crippen molar-refractivity contribution in [1.29, 1.82) is 0 Å². The van der Waals surface area contributed by atoms with Gasteiger partial charge >= 0.3 is 5.97 Å². The molecule has 7 nitrogen and oxygen atoms in total. The fourth-order valence-electron chi connectivity index (χ4n) is 2.85. The van der Waals surface area contributed by atoms with Gasteiger partial charge in [0.05, 0.1) is 11.8 Å². The Morgan fingerprint density at radius 3 is 2.57 bits per heavy atom. The van der Waals surface area contributed by atoms with Gasteiger partial charge in [0.15, 0.2) is 11.5 Å². The molecule has 7 heteroatoms. The summed E-state index contributed by atoms with van der Waals surface area (Å²) in [5.74, 6) is 0.782. The predicted molar refractivity (Wildman–Crippen MR) is 110 cm³/mol. The van der Waals surface area contributed by atoms with E-state index in [1.165, 1.54) is 6.21 Å². The number of nitrogens with one attached hydrogen (secondary N) is 1. The minimum absolute atomic E-state index is 0.148. The van der Waals surface area contributed by atoms with E-state index >= 15 is 0 Å². The van der Waals surface area contributed by atoms with Gasteiger partial charge in [0.1, 0.15) is 5.75 Å². The average molecular weight is 402 g/mol. The molecule has 0 bridgehead atoms. The van der Waals surface area contributed by atoms with Gasteiger partial charge in [-0.2, -0.15) is 5.10 Å². The summed E-state index contributed by atoms with van der Waals surface area (Å²) >= 11 is 0. The van der Waals surface area contributed by atoms with Crippen molar-refractivity contribution in [3.05, 3.63) is 89.0 Å². The van der Waals surface area contributed by atoms with Crippen LogP contribution in [-0.2, 0) is 0 Å². The summed E-state index contributed by atoms with van der Waals surface area (Å²) in [7, 11) is 0. The Hall–Kier alpha value is -4.13. The van der Waals surface area contributed by atoms with Crippen LogP contribution < -0.4 is 19.6 Å². The number of esters is 1. The van der Waals surface area contributed by atoms with Gasteiger partial charge in [-0.3, -0.25) is 4.79 Å². The van der Waals surface area contributed by atoms with Gasteiger partial charge in [-0.15, -0.1) is 0 Å². The first-order chi connectivity index (χ1) is 14.6. The lowest BCUT2D eigenvalue weighted by atomic mass is 10.1. The molecule has 0 saturated carbocycles. The highest BCUT2D eigenvalue weighted by Gasteiger charge is 2.16. The third kappa shape index (κ3) is 4.30. The summed E-state index contributed by atoms with van der Waals surface area (Å²) < 4.78 is 15.9. The Bertz CT molecular complexity index is 1120. The molecule has 3 aromatic carbocycles. The predicted octanol–water partition coefficient (Wildman–Crippen LogP) is 3.71. The molecule has 1 aliphatic heterocycles. The number of benzene rings is 3. The van der Waals surface area contributed by atoms with Crippen LogP contribution in [0.2, 0.25) is 0 Å². The molecule has 1 amide bonds. The van der Waals surface area contributed by atoms with E-state index in [2.05, 4.69) is 10.5 Å². The average Bonchev–Trinajstić information content (AvgIpc) is 3.23. The zero-order valence-corrected chi connectivity index (χ0v) is 16.1. The number of fused-ring (bicyclic) bond motifs is 1. The fraction of sp³-hybridized carbons (Fsp3) is 0.0870. The van der Waals surface area contributed by atoms with Crippen LogP contribution in [0.25, 0.3) is 0 Å². The summed E-state index contributed by atoms with van der Waals surface area (Å²) in [5, 5.41) is 3.96. The van der Waals surface area contributed by atoms with Crippen molar-refractivity contribution in [2.75, 3.05) is 6.79 Å². The second-order valence-corrected chi connectivity index (χ2v) is 6.54. The highest BCUT2D eigenvalue weighted by atomic mass is 16.7. The quantitative estimate of drug-likeness (QED) is 0.304. The van der Waals surface area contributed by atoms with E-state index in [-0.39, 0.29) is 12.7 Å². The summed E-state index contributed by atoms with van der Waals surface area (Å²) in [5.41, 5.74) is 4.98. The number of amides is 1. The monoisotopic (exact) mass is 402 g/mol. The van der Waals surface area contributed by atoms with Crippen molar-refractivity contribution in [2.45, 2.75) is 6.92 Å². The number of hydrazone groups is 1. The molecule has 30 heavy (non-hydrogen) atoms. The zero-order valence-electron chi connectivity index (χ0n) is 16.1. The van der Waals surface area contributed by atoms with Gasteiger partial charge in [-0.05, 0) is 66.6 Å². The van der Waals surface area contributed by atoms with E-state index < -0.39 is 5.97 Å². The third-order valence-electron chi connectivity index (χ3n) is 4.47. The molecule has 0 aliphatic carbocycles. The Morgan fingerprint density at radius 1 is 1.00 bits per heavy atom.